The second-order valence-corrected chi connectivity index (χ2v) is 5.42. The number of benzene rings is 2. The van der Waals surface area contributed by atoms with Crippen molar-refractivity contribution in [3.63, 3.8) is 0 Å². The van der Waals surface area contributed by atoms with Crippen LogP contribution in [-0.2, 0) is 0 Å². The Hall–Kier alpha value is -1.27. The van der Waals surface area contributed by atoms with Gasteiger partial charge in [-0.1, -0.05) is 0 Å². The first-order valence-corrected chi connectivity index (χ1v) is 6.77. The highest BCUT2D eigenvalue weighted by atomic mass is 79.9. The van der Waals surface area contributed by atoms with Gasteiger partial charge in [-0.3, -0.25) is 4.79 Å². The molecule has 0 saturated heterocycles. The number of hydrogen-bond donors (Lipinski definition) is 1. The van der Waals surface area contributed by atoms with Gasteiger partial charge in [0.25, 0.3) is 5.91 Å². The maximum Gasteiger partial charge on any atom is 0.255 e. The van der Waals surface area contributed by atoms with Crippen LogP contribution in [0.1, 0.15) is 10.4 Å². The van der Waals surface area contributed by atoms with Crippen molar-refractivity contribution in [3.8, 4) is 0 Å². The first kappa shape index (κ1) is 14.1. The third-order valence-corrected chi connectivity index (χ3v) is 3.65. The molecular weight excluding hydrogens is 384 g/mol. The molecule has 0 bridgehead atoms. The molecule has 0 heterocycles. The number of hydrogen-bond acceptors (Lipinski definition) is 1. The van der Waals surface area contributed by atoms with Crippen LogP contribution in [0.5, 0.6) is 0 Å². The predicted octanol–water partition coefficient (Wildman–Crippen LogP) is 4.74. The standard InChI is InChI=1S/C13H7Br2F2NO/c14-9-3-1-7(5-11(9)16)13(19)18-8-2-4-10(15)12(17)6-8/h1-6H,(H,18,19). The molecule has 98 valence electrons. The first-order valence-electron chi connectivity index (χ1n) is 5.19. The first-order chi connectivity index (χ1) is 8.97. The maximum absolute atomic E-state index is 13.3. The monoisotopic (exact) mass is 389 g/mol. The summed E-state index contributed by atoms with van der Waals surface area (Å²) in [6.45, 7) is 0. The molecule has 2 rings (SSSR count). The lowest BCUT2D eigenvalue weighted by Gasteiger charge is -2.06. The number of rotatable bonds is 2. The molecule has 0 atom stereocenters. The van der Waals surface area contributed by atoms with E-state index in [1.54, 1.807) is 6.07 Å². The second kappa shape index (κ2) is 5.79. The van der Waals surface area contributed by atoms with Gasteiger partial charge >= 0.3 is 0 Å². The summed E-state index contributed by atoms with van der Waals surface area (Å²) in [5.41, 5.74) is 0.457. The second-order valence-electron chi connectivity index (χ2n) is 3.71. The Balaban J connectivity index is 2.20. The van der Waals surface area contributed by atoms with Gasteiger partial charge in [0.05, 0.1) is 8.95 Å². The largest absolute Gasteiger partial charge is 0.322 e. The molecule has 2 nitrogen and oxygen atoms in total. The number of nitrogens with one attached hydrogen (secondary N) is 1. The molecule has 0 aromatic heterocycles. The van der Waals surface area contributed by atoms with Crippen molar-refractivity contribution in [1.82, 2.24) is 0 Å². The third kappa shape index (κ3) is 3.39. The molecule has 0 aliphatic carbocycles. The Morgan fingerprint density at radius 1 is 0.947 bits per heavy atom. The van der Waals surface area contributed by atoms with Crippen molar-refractivity contribution in [2.24, 2.45) is 0 Å². The maximum atomic E-state index is 13.3. The quantitative estimate of drug-likeness (QED) is 0.788. The summed E-state index contributed by atoms with van der Waals surface area (Å²) >= 11 is 6.02. The molecule has 0 aliphatic heterocycles. The van der Waals surface area contributed by atoms with Gasteiger partial charge < -0.3 is 5.32 Å². The van der Waals surface area contributed by atoms with Crippen LogP contribution in [0, 0.1) is 11.6 Å². The van der Waals surface area contributed by atoms with Gasteiger partial charge in [0.1, 0.15) is 11.6 Å². The summed E-state index contributed by atoms with van der Waals surface area (Å²) < 4.78 is 27.2. The Morgan fingerprint density at radius 3 is 2.11 bits per heavy atom. The molecule has 0 radical (unpaired) electrons. The minimum absolute atomic E-state index is 0.157. The molecule has 2 aromatic carbocycles. The Labute approximate surface area is 125 Å². The number of halogens is 4. The SMILES string of the molecule is O=C(Nc1ccc(Br)c(F)c1)c1ccc(Br)c(F)c1. The van der Waals surface area contributed by atoms with Crippen molar-refractivity contribution in [2.45, 2.75) is 0 Å². The van der Waals surface area contributed by atoms with Crippen molar-refractivity contribution in [3.05, 3.63) is 62.5 Å². The average molecular weight is 391 g/mol. The van der Waals surface area contributed by atoms with Gasteiger partial charge in [-0.05, 0) is 68.3 Å². The normalized spacial score (nSPS) is 10.3. The van der Waals surface area contributed by atoms with Crippen molar-refractivity contribution in [1.29, 1.82) is 0 Å². The van der Waals surface area contributed by atoms with Crippen LogP contribution in [-0.4, -0.2) is 5.91 Å². The predicted molar refractivity (Wildman–Crippen MR) is 76.2 cm³/mol. The summed E-state index contributed by atoms with van der Waals surface area (Å²) in [5.74, 6) is -1.53. The molecule has 1 N–H and O–H groups in total. The molecule has 0 unspecified atom stereocenters. The van der Waals surface area contributed by atoms with Crippen LogP contribution in [0.25, 0.3) is 0 Å². The van der Waals surface area contributed by atoms with E-state index in [-0.39, 0.29) is 10.0 Å². The van der Waals surface area contributed by atoms with E-state index in [0.717, 1.165) is 6.07 Å². The Morgan fingerprint density at radius 2 is 1.53 bits per heavy atom. The highest BCUT2D eigenvalue weighted by Gasteiger charge is 2.10. The lowest BCUT2D eigenvalue weighted by atomic mass is 10.2. The van der Waals surface area contributed by atoms with Gasteiger partial charge in [-0.25, -0.2) is 8.78 Å². The summed E-state index contributed by atoms with van der Waals surface area (Å²) in [7, 11) is 0. The van der Waals surface area contributed by atoms with Crippen molar-refractivity contribution >= 4 is 43.5 Å². The zero-order valence-electron chi connectivity index (χ0n) is 9.38. The topological polar surface area (TPSA) is 29.1 Å². The minimum atomic E-state index is -0.533. The molecule has 2 aromatic rings. The molecule has 0 spiro atoms. The molecule has 0 saturated carbocycles. The van der Waals surface area contributed by atoms with Crippen LogP contribution in [0.15, 0.2) is 45.3 Å². The third-order valence-electron chi connectivity index (χ3n) is 2.36. The number of carbonyl (C=O) groups is 1. The highest BCUT2D eigenvalue weighted by molar-refractivity contribution is 9.10. The van der Waals surface area contributed by atoms with Crippen LogP contribution in [0.3, 0.4) is 0 Å². The number of carbonyl (C=O) groups excluding carboxylic acids is 1. The van der Waals surface area contributed by atoms with E-state index in [2.05, 4.69) is 37.2 Å². The zero-order valence-corrected chi connectivity index (χ0v) is 12.6. The van der Waals surface area contributed by atoms with Gasteiger partial charge in [0, 0.05) is 11.3 Å². The van der Waals surface area contributed by atoms with E-state index in [9.17, 15) is 13.6 Å². The van der Waals surface area contributed by atoms with Gasteiger partial charge in [0.2, 0.25) is 0 Å². The minimum Gasteiger partial charge on any atom is -0.322 e. The van der Waals surface area contributed by atoms with Crippen molar-refractivity contribution < 1.29 is 13.6 Å². The fourth-order valence-corrected chi connectivity index (χ4v) is 1.91. The van der Waals surface area contributed by atoms with E-state index in [4.69, 9.17) is 0 Å². The molecule has 0 fully saturated rings. The van der Waals surface area contributed by atoms with Gasteiger partial charge in [-0.15, -0.1) is 0 Å². The molecule has 19 heavy (non-hydrogen) atoms. The van der Waals surface area contributed by atoms with Crippen LogP contribution in [0.4, 0.5) is 14.5 Å². The number of amides is 1. The lowest BCUT2D eigenvalue weighted by Crippen LogP contribution is -2.12. The van der Waals surface area contributed by atoms with Crippen LogP contribution >= 0.6 is 31.9 Å². The van der Waals surface area contributed by atoms with E-state index < -0.39 is 17.5 Å². The van der Waals surface area contributed by atoms with E-state index in [1.165, 1.54) is 24.3 Å². The van der Waals surface area contributed by atoms with E-state index >= 15 is 0 Å². The summed E-state index contributed by atoms with van der Waals surface area (Å²) in [4.78, 5) is 11.8. The molecule has 0 aliphatic rings. The highest BCUT2D eigenvalue weighted by Crippen LogP contribution is 2.21. The lowest BCUT2D eigenvalue weighted by molar-refractivity contribution is 0.102. The van der Waals surface area contributed by atoms with E-state index in [1.807, 2.05) is 0 Å². The van der Waals surface area contributed by atoms with Gasteiger partial charge in [-0.2, -0.15) is 0 Å². The Kier molecular flexibility index (Phi) is 4.31. The molecule has 1 amide bonds. The fraction of sp³-hybridized carbons (Fsp3) is 0. The average Bonchev–Trinajstić information content (AvgIpc) is 2.37. The molecular formula is C13H7Br2F2NO. The fourth-order valence-electron chi connectivity index (χ4n) is 1.41. The van der Waals surface area contributed by atoms with Gasteiger partial charge in [0.15, 0.2) is 0 Å². The summed E-state index contributed by atoms with van der Waals surface area (Å²) in [5, 5.41) is 2.49. The number of anilines is 1. The van der Waals surface area contributed by atoms with Crippen LogP contribution in [0.2, 0.25) is 0 Å². The zero-order chi connectivity index (χ0) is 14.0. The summed E-state index contributed by atoms with van der Waals surface area (Å²) in [6.07, 6.45) is 0. The smallest absolute Gasteiger partial charge is 0.255 e. The summed E-state index contributed by atoms with van der Waals surface area (Å²) in [6, 6.07) is 8.21. The Bertz CT molecular complexity index is 647. The van der Waals surface area contributed by atoms with E-state index in [0.29, 0.717) is 10.2 Å². The van der Waals surface area contributed by atoms with Crippen molar-refractivity contribution in [2.75, 3.05) is 5.32 Å². The molecule has 6 heteroatoms. The van der Waals surface area contributed by atoms with Crippen LogP contribution < -0.4 is 5.32 Å².